The van der Waals surface area contributed by atoms with Crippen molar-refractivity contribution < 1.29 is 17.9 Å². The third-order valence-corrected chi connectivity index (χ3v) is 8.33. The lowest BCUT2D eigenvalue weighted by atomic mass is 9.86. The van der Waals surface area contributed by atoms with Gasteiger partial charge in [0.2, 0.25) is 0 Å². The van der Waals surface area contributed by atoms with Gasteiger partial charge in [-0.3, -0.25) is 4.72 Å². The molecule has 0 unspecified atom stereocenters. The zero-order chi connectivity index (χ0) is 26.9. The number of nitrogens with one attached hydrogen (secondary N) is 1. The van der Waals surface area contributed by atoms with E-state index in [4.69, 9.17) is 4.42 Å². The van der Waals surface area contributed by atoms with Crippen molar-refractivity contribution in [2.75, 3.05) is 4.72 Å². The van der Waals surface area contributed by atoms with Gasteiger partial charge in [-0.1, -0.05) is 49.4 Å². The molecule has 2 aromatic carbocycles. The molecule has 9 heteroatoms. The van der Waals surface area contributed by atoms with Crippen molar-refractivity contribution >= 4 is 15.7 Å². The summed E-state index contributed by atoms with van der Waals surface area (Å²) >= 11 is 0. The summed E-state index contributed by atoms with van der Waals surface area (Å²) in [7, 11) is -2.18. The van der Waals surface area contributed by atoms with Gasteiger partial charge in [0.25, 0.3) is 10.0 Å². The lowest BCUT2D eigenvalue weighted by Crippen LogP contribution is -2.18. The number of rotatable bonds is 10. The molecule has 1 saturated carbocycles. The minimum atomic E-state index is -3.88. The molecule has 2 heterocycles. The van der Waals surface area contributed by atoms with Crippen LogP contribution in [0.2, 0.25) is 0 Å². The SMILES string of the molecule is CC[C@H](Cc1ccccc1)c1cc(O)c([C@@H](c2cccc(NS(=O)(=O)c3cn(C)cn3)c2)C2CC2)c(=O)o1. The summed E-state index contributed by atoms with van der Waals surface area (Å²) in [6.07, 6.45) is 6.10. The van der Waals surface area contributed by atoms with Crippen molar-refractivity contribution in [1.82, 2.24) is 9.55 Å². The summed E-state index contributed by atoms with van der Waals surface area (Å²) in [5.41, 5.74) is 1.89. The van der Waals surface area contributed by atoms with Crippen LogP contribution < -0.4 is 10.3 Å². The van der Waals surface area contributed by atoms with Crippen molar-refractivity contribution in [2.45, 2.75) is 49.5 Å². The highest BCUT2D eigenvalue weighted by atomic mass is 32.2. The molecule has 38 heavy (non-hydrogen) atoms. The summed E-state index contributed by atoms with van der Waals surface area (Å²) in [5.74, 6) is 0.0827. The number of aromatic nitrogens is 2. The fourth-order valence-electron chi connectivity index (χ4n) is 4.98. The lowest BCUT2D eigenvalue weighted by Gasteiger charge is -2.20. The van der Waals surface area contributed by atoms with Gasteiger partial charge in [-0.2, -0.15) is 8.42 Å². The summed E-state index contributed by atoms with van der Waals surface area (Å²) in [5, 5.41) is 11.0. The van der Waals surface area contributed by atoms with Gasteiger partial charge in [0.15, 0.2) is 5.03 Å². The molecule has 2 atom stereocenters. The standard InChI is InChI=1S/C29H31N3O5S/c1-3-20(14-19-8-5-4-6-9-19)25-16-24(33)28(29(34)37-25)27(21-12-13-21)22-10-7-11-23(15-22)31-38(35,36)26-17-32(2)18-30-26/h4-11,15-18,20-21,27,31,33H,3,12-14H2,1-2H3/t20-,27-/m1/s1. The number of anilines is 1. The average molecular weight is 534 g/mol. The van der Waals surface area contributed by atoms with Crippen LogP contribution in [0.4, 0.5) is 5.69 Å². The first-order chi connectivity index (χ1) is 18.2. The number of aromatic hydroxyl groups is 1. The van der Waals surface area contributed by atoms with Gasteiger partial charge in [0.05, 0.1) is 11.9 Å². The number of aryl methyl sites for hydroxylation is 1. The molecule has 0 aliphatic heterocycles. The number of benzene rings is 2. The molecule has 2 aromatic heterocycles. The minimum absolute atomic E-state index is 0.0474. The van der Waals surface area contributed by atoms with E-state index in [0.29, 0.717) is 17.9 Å². The summed E-state index contributed by atoms with van der Waals surface area (Å²) in [6, 6.07) is 18.5. The number of hydrogen-bond acceptors (Lipinski definition) is 6. The lowest BCUT2D eigenvalue weighted by molar-refractivity contribution is 0.379. The Labute approximate surface area is 222 Å². The molecule has 1 fully saturated rings. The normalized spacial score (nSPS) is 15.2. The van der Waals surface area contributed by atoms with Crippen molar-refractivity contribution in [3.05, 3.63) is 106 Å². The van der Waals surface area contributed by atoms with Crippen LogP contribution in [0.1, 0.15) is 60.5 Å². The van der Waals surface area contributed by atoms with Gasteiger partial charge >= 0.3 is 5.63 Å². The molecular weight excluding hydrogens is 502 g/mol. The largest absolute Gasteiger partial charge is 0.507 e. The Morgan fingerprint density at radius 2 is 1.89 bits per heavy atom. The van der Waals surface area contributed by atoms with Crippen LogP contribution in [-0.2, 0) is 23.5 Å². The molecule has 0 bridgehead atoms. The first-order valence-corrected chi connectivity index (χ1v) is 14.2. The van der Waals surface area contributed by atoms with Crippen LogP contribution >= 0.6 is 0 Å². The maximum atomic E-state index is 13.3. The van der Waals surface area contributed by atoms with Crippen LogP contribution in [0, 0.1) is 5.92 Å². The van der Waals surface area contributed by atoms with Gasteiger partial charge in [0, 0.05) is 36.8 Å². The second-order valence-electron chi connectivity index (χ2n) is 9.95. The Kier molecular flexibility index (Phi) is 7.12. The van der Waals surface area contributed by atoms with Gasteiger partial charge in [-0.05, 0) is 54.9 Å². The van der Waals surface area contributed by atoms with Crippen molar-refractivity contribution in [3.8, 4) is 5.75 Å². The van der Waals surface area contributed by atoms with E-state index in [2.05, 4.69) is 9.71 Å². The predicted octanol–water partition coefficient (Wildman–Crippen LogP) is 5.16. The highest BCUT2D eigenvalue weighted by molar-refractivity contribution is 7.92. The Bertz CT molecular complexity index is 1590. The number of hydrogen-bond donors (Lipinski definition) is 2. The van der Waals surface area contributed by atoms with E-state index in [-0.39, 0.29) is 28.2 Å². The molecule has 8 nitrogen and oxygen atoms in total. The summed E-state index contributed by atoms with van der Waals surface area (Å²) in [4.78, 5) is 17.3. The molecule has 198 valence electrons. The molecule has 2 N–H and O–H groups in total. The van der Waals surface area contributed by atoms with Gasteiger partial charge < -0.3 is 14.1 Å². The summed E-state index contributed by atoms with van der Waals surface area (Å²) < 4.78 is 35.5. The zero-order valence-corrected chi connectivity index (χ0v) is 22.2. The van der Waals surface area contributed by atoms with E-state index in [0.717, 1.165) is 30.4 Å². The predicted molar refractivity (Wildman–Crippen MR) is 145 cm³/mol. The van der Waals surface area contributed by atoms with E-state index in [1.165, 1.54) is 12.5 Å². The van der Waals surface area contributed by atoms with E-state index in [1.54, 1.807) is 35.9 Å². The monoisotopic (exact) mass is 533 g/mol. The molecule has 4 aromatic rings. The average Bonchev–Trinajstić information content (AvgIpc) is 3.63. The number of imidazole rings is 1. The Hall–Kier alpha value is -3.85. The molecule has 5 rings (SSSR count). The van der Waals surface area contributed by atoms with Crippen molar-refractivity contribution in [1.29, 1.82) is 0 Å². The van der Waals surface area contributed by atoms with Crippen LogP contribution in [0.3, 0.4) is 0 Å². The molecule has 0 radical (unpaired) electrons. The molecular formula is C29H31N3O5S. The highest BCUT2D eigenvalue weighted by Gasteiger charge is 2.38. The second kappa shape index (κ2) is 10.5. The number of sulfonamides is 1. The second-order valence-corrected chi connectivity index (χ2v) is 11.6. The Balaban J connectivity index is 1.46. The van der Waals surface area contributed by atoms with E-state index < -0.39 is 21.6 Å². The molecule has 0 amide bonds. The third-order valence-electron chi connectivity index (χ3n) is 7.06. The maximum absolute atomic E-state index is 13.3. The maximum Gasteiger partial charge on any atom is 0.343 e. The van der Waals surface area contributed by atoms with Crippen molar-refractivity contribution in [2.24, 2.45) is 13.0 Å². The summed E-state index contributed by atoms with van der Waals surface area (Å²) in [6.45, 7) is 2.03. The third kappa shape index (κ3) is 5.52. The van der Waals surface area contributed by atoms with Crippen LogP contribution in [0.15, 0.2) is 87.4 Å². The van der Waals surface area contributed by atoms with E-state index >= 15 is 0 Å². The molecule has 0 spiro atoms. The topological polar surface area (TPSA) is 114 Å². The molecule has 1 aliphatic rings. The minimum Gasteiger partial charge on any atom is -0.507 e. The quantitative estimate of drug-likeness (QED) is 0.291. The first-order valence-electron chi connectivity index (χ1n) is 12.8. The van der Waals surface area contributed by atoms with Crippen LogP contribution in [-0.4, -0.2) is 23.1 Å². The Morgan fingerprint density at radius 1 is 1.13 bits per heavy atom. The first kappa shape index (κ1) is 25.8. The number of nitrogens with zero attached hydrogens (tertiary/aromatic N) is 2. The van der Waals surface area contributed by atoms with Gasteiger partial charge in [-0.15, -0.1) is 0 Å². The molecule has 1 aliphatic carbocycles. The highest BCUT2D eigenvalue weighted by Crippen LogP contribution is 2.48. The fourth-order valence-corrected chi connectivity index (χ4v) is 6.01. The molecule has 0 saturated heterocycles. The van der Waals surface area contributed by atoms with Crippen molar-refractivity contribution in [3.63, 3.8) is 0 Å². The van der Waals surface area contributed by atoms with Crippen LogP contribution in [0.5, 0.6) is 5.75 Å². The zero-order valence-electron chi connectivity index (χ0n) is 21.4. The Morgan fingerprint density at radius 3 is 2.53 bits per heavy atom. The smallest absolute Gasteiger partial charge is 0.343 e. The van der Waals surface area contributed by atoms with E-state index in [9.17, 15) is 18.3 Å². The van der Waals surface area contributed by atoms with Gasteiger partial charge in [0.1, 0.15) is 11.5 Å². The fraction of sp³-hybridized carbons (Fsp3) is 0.310. The van der Waals surface area contributed by atoms with E-state index in [1.807, 2.05) is 43.3 Å². The van der Waals surface area contributed by atoms with Gasteiger partial charge in [-0.25, -0.2) is 9.78 Å². The van der Waals surface area contributed by atoms with Crippen LogP contribution in [0.25, 0.3) is 0 Å².